The van der Waals surface area contributed by atoms with Crippen LogP contribution in [0, 0.1) is 0 Å². The van der Waals surface area contributed by atoms with Gasteiger partial charge in [-0.05, 0) is 48.5 Å². The SMILES string of the molecule is CC(=O)Oc1ccc(C(=O)Oc2ccc(C(=O)O)cc2)cc1. The zero-order valence-corrected chi connectivity index (χ0v) is 11.6. The lowest BCUT2D eigenvalue weighted by atomic mass is 10.2. The molecule has 6 heteroatoms. The van der Waals surface area contributed by atoms with Crippen LogP contribution in [0.4, 0.5) is 0 Å². The fraction of sp³-hybridized carbons (Fsp3) is 0.0625. The first-order valence-electron chi connectivity index (χ1n) is 6.30. The van der Waals surface area contributed by atoms with Crippen molar-refractivity contribution >= 4 is 17.9 Å². The lowest BCUT2D eigenvalue weighted by Crippen LogP contribution is -2.09. The van der Waals surface area contributed by atoms with E-state index in [0.29, 0.717) is 5.75 Å². The summed E-state index contributed by atoms with van der Waals surface area (Å²) in [6, 6.07) is 11.4. The molecule has 6 nitrogen and oxygen atoms in total. The number of hydrogen-bond acceptors (Lipinski definition) is 5. The minimum atomic E-state index is -1.06. The lowest BCUT2D eigenvalue weighted by Gasteiger charge is -2.05. The zero-order valence-electron chi connectivity index (χ0n) is 11.6. The second-order valence-electron chi connectivity index (χ2n) is 4.34. The first-order valence-corrected chi connectivity index (χ1v) is 6.30. The molecule has 0 aliphatic rings. The Morgan fingerprint density at radius 3 is 1.68 bits per heavy atom. The van der Waals surface area contributed by atoms with Crippen LogP contribution in [0.3, 0.4) is 0 Å². The standard InChI is InChI=1S/C16H12O6/c1-10(17)21-13-8-4-12(5-9-13)16(20)22-14-6-2-11(3-7-14)15(18)19/h2-9H,1H3,(H,18,19). The molecule has 0 aliphatic heterocycles. The molecule has 0 amide bonds. The number of ether oxygens (including phenoxy) is 2. The van der Waals surface area contributed by atoms with Crippen LogP contribution >= 0.6 is 0 Å². The third kappa shape index (κ3) is 3.92. The molecular formula is C16H12O6. The Balaban J connectivity index is 2.05. The van der Waals surface area contributed by atoms with Crippen LogP contribution in [0.5, 0.6) is 11.5 Å². The summed E-state index contributed by atoms with van der Waals surface area (Å²) in [7, 11) is 0. The lowest BCUT2D eigenvalue weighted by molar-refractivity contribution is -0.131. The van der Waals surface area contributed by atoms with Gasteiger partial charge < -0.3 is 14.6 Å². The molecule has 0 saturated carbocycles. The molecule has 2 aromatic carbocycles. The number of carboxylic acid groups (broad SMARTS) is 1. The normalized spacial score (nSPS) is 9.86. The molecule has 112 valence electrons. The molecule has 0 fully saturated rings. The van der Waals surface area contributed by atoms with Crippen molar-refractivity contribution < 1.29 is 29.0 Å². The summed E-state index contributed by atoms with van der Waals surface area (Å²) in [5.41, 5.74) is 0.378. The summed E-state index contributed by atoms with van der Waals surface area (Å²) < 4.78 is 9.97. The maximum atomic E-state index is 11.9. The number of rotatable bonds is 4. The molecule has 0 spiro atoms. The van der Waals surface area contributed by atoms with Gasteiger partial charge in [0.05, 0.1) is 11.1 Å². The molecule has 0 saturated heterocycles. The average molecular weight is 300 g/mol. The smallest absolute Gasteiger partial charge is 0.343 e. The molecule has 0 aromatic heterocycles. The average Bonchev–Trinajstić information content (AvgIpc) is 2.48. The van der Waals surface area contributed by atoms with E-state index in [-0.39, 0.29) is 16.9 Å². The maximum Gasteiger partial charge on any atom is 0.343 e. The Bertz CT molecular complexity index is 700. The summed E-state index contributed by atoms with van der Waals surface area (Å²) in [5, 5.41) is 8.78. The summed E-state index contributed by atoms with van der Waals surface area (Å²) >= 11 is 0. The van der Waals surface area contributed by atoms with Crippen molar-refractivity contribution in [2.75, 3.05) is 0 Å². The Morgan fingerprint density at radius 1 is 0.773 bits per heavy atom. The molecule has 22 heavy (non-hydrogen) atoms. The highest BCUT2D eigenvalue weighted by molar-refractivity contribution is 5.91. The first-order chi connectivity index (χ1) is 10.5. The molecule has 0 heterocycles. The van der Waals surface area contributed by atoms with Gasteiger partial charge in [-0.3, -0.25) is 4.79 Å². The summed E-state index contributed by atoms with van der Waals surface area (Å²) in [6.07, 6.45) is 0. The molecule has 2 rings (SSSR count). The monoisotopic (exact) mass is 300 g/mol. The van der Waals surface area contributed by atoms with Crippen LogP contribution in [-0.4, -0.2) is 23.0 Å². The first kappa shape index (κ1) is 15.2. The molecule has 0 bridgehead atoms. The molecular weight excluding hydrogens is 288 g/mol. The molecule has 1 N–H and O–H groups in total. The number of hydrogen-bond donors (Lipinski definition) is 1. The maximum absolute atomic E-state index is 11.9. The van der Waals surface area contributed by atoms with Crippen LogP contribution in [0.15, 0.2) is 48.5 Å². The number of esters is 2. The van der Waals surface area contributed by atoms with E-state index in [4.69, 9.17) is 14.6 Å². The molecule has 0 aliphatic carbocycles. The quantitative estimate of drug-likeness (QED) is 0.689. The van der Waals surface area contributed by atoms with Crippen molar-refractivity contribution in [1.29, 1.82) is 0 Å². The van der Waals surface area contributed by atoms with E-state index >= 15 is 0 Å². The molecule has 0 radical (unpaired) electrons. The Morgan fingerprint density at radius 2 is 1.23 bits per heavy atom. The van der Waals surface area contributed by atoms with E-state index in [1.165, 1.54) is 55.5 Å². The van der Waals surface area contributed by atoms with Gasteiger partial charge in [0.25, 0.3) is 0 Å². The fourth-order valence-corrected chi connectivity index (χ4v) is 1.66. The van der Waals surface area contributed by atoms with Crippen molar-refractivity contribution in [3.05, 3.63) is 59.7 Å². The van der Waals surface area contributed by atoms with Gasteiger partial charge in [0.1, 0.15) is 11.5 Å². The summed E-state index contributed by atoms with van der Waals surface area (Å²) in [4.78, 5) is 33.4. The topological polar surface area (TPSA) is 89.9 Å². The van der Waals surface area contributed by atoms with E-state index in [0.717, 1.165) is 0 Å². The molecule has 2 aromatic rings. The number of benzene rings is 2. The Labute approximate surface area is 125 Å². The van der Waals surface area contributed by atoms with E-state index in [9.17, 15) is 14.4 Å². The van der Waals surface area contributed by atoms with Gasteiger partial charge in [-0.15, -0.1) is 0 Å². The van der Waals surface area contributed by atoms with E-state index < -0.39 is 17.9 Å². The summed E-state index contributed by atoms with van der Waals surface area (Å²) in [6.45, 7) is 1.28. The van der Waals surface area contributed by atoms with Gasteiger partial charge in [0, 0.05) is 6.92 Å². The number of aromatic carboxylic acids is 1. The van der Waals surface area contributed by atoms with Crippen molar-refractivity contribution in [2.45, 2.75) is 6.92 Å². The highest BCUT2D eigenvalue weighted by Gasteiger charge is 2.10. The van der Waals surface area contributed by atoms with E-state index in [1.54, 1.807) is 0 Å². The third-order valence-corrected chi connectivity index (χ3v) is 2.66. The van der Waals surface area contributed by atoms with E-state index in [2.05, 4.69) is 0 Å². The molecule has 0 atom stereocenters. The highest BCUT2D eigenvalue weighted by Crippen LogP contribution is 2.16. The van der Waals surface area contributed by atoms with Gasteiger partial charge in [0.2, 0.25) is 0 Å². The number of carbonyl (C=O) groups excluding carboxylic acids is 2. The Kier molecular flexibility index (Phi) is 4.53. The van der Waals surface area contributed by atoms with Crippen LogP contribution in [0.1, 0.15) is 27.6 Å². The van der Waals surface area contributed by atoms with Gasteiger partial charge in [-0.25, -0.2) is 9.59 Å². The largest absolute Gasteiger partial charge is 0.478 e. The second-order valence-corrected chi connectivity index (χ2v) is 4.34. The van der Waals surface area contributed by atoms with E-state index in [1.807, 2.05) is 0 Å². The van der Waals surface area contributed by atoms with Crippen LogP contribution < -0.4 is 9.47 Å². The van der Waals surface area contributed by atoms with Crippen molar-refractivity contribution in [3.8, 4) is 11.5 Å². The van der Waals surface area contributed by atoms with Crippen LogP contribution in [0.25, 0.3) is 0 Å². The summed E-state index contributed by atoms with van der Waals surface area (Å²) in [5.74, 6) is -1.54. The number of carbonyl (C=O) groups is 3. The van der Waals surface area contributed by atoms with Gasteiger partial charge in [-0.2, -0.15) is 0 Å². The fourth-order valence-electron chi connectivity index (χ4n) is 1.66. The van der Waals surface area contributed by atoms with Crippen LogP contribution in [0.2, 0.25) is 0 Å². The van der Waals surface area contributed by atoms with Crippen LogP contribution in [-0.2, 0) is 4.79 Å². The predicted octanol–water partition coefficient (Wildman–Crippen LogP) is 2.53. The molecule has 0 unspecified atom stereocenters. The third-order valence-electron chi connectivity index (χ3n) is 2.66. The van der Waals surface area contributed by atoms with Crippen molar-refractivity contribution in [1.82, 2.24) is 0 Å². The van der Waals surface area contributed by atoms with Crippen molar-refractivity contribution in [3.63, 3.8) is 0 Å². The highest BCUT2D eigenvalue weighted by atomic mass is 16.5. The minimum Gasteiger partial charge on any atom is -0.478 e. The minimum absolute atomic E-state index is 0.102. The van der Waals surface area contributed by atoms with Gasteiger partial charge >= 0.3 is 17.9 Å². The zero-order chi connectivity index (χ0) is 16.1. The van der Waals surface area contributed by atoms with Gasteiger partial charge in [0.15, 0.2) is 0 Å². The second kappa shape index (κ2) is 6.53. The Hall–Kier alpha value is -3.15. The van der Waals surface area contributed by atoms with Crippen molar-refractivity contribution in [2.24, 2.45) is 0 Å². The van der Waals surface area contributed by atoms with Gasteiger partial charge in [-0.1, -0.05) is 0 Å². The number of carboxylic acids is 1. The predicted molar refractivity (Wildman–Crippen MR) is 76.1 cm³/mol.